The van der Waals surface area contributed by atoms with Gasteiger partial charge in [0.2, 0.25) is 0 Å². The minimum atomic E-state index is -0.0654. The Morgan fingerprint density at radius 1 is 1.46 bits per heavy atom. The minimum absolute atomic E-state index is 0.0654. The van der Waals surface area contributed by atoms with Gasteiger partial charge in [-0.2, -0.15) is 0 Å². The molecule has 0 radical (unpaired) electrons. The number of halogens is 1. The van der Waals surface area contributed by atoms with Gasteiger partial charge in [0.05, 0.1) is 9.98 Å². The maximum absolute atomic E-state index is 11.3. The summed E-state index contributed by atoms with van der Waals surface area (Å²) in [6, 6.07) is 5.02. The van der Waals surface area contributed by atoms with Crippen molar-refractivity contribution in [3.8, 4) is 5.13 Å². The molecule has 2 heterocycles. The van der Waals surface area contributed by atoms with Crippen molar-refractivity contribution in [3.63, 3.8) is 0 Å². The van der Waals surface area contributed by atoms with E-state index in [0.29, 0.717) is 5.13 Å². The third kappa shape index (κ3) is 1.71. The maximum Gasteiger partial charge on any atom is 0.256 e. The van der Waals surface area contributed by atoms with E-state index in [9.17, 15) is 4.79 Å². The van der Waals surface area contributed by atoms with Crippen LogP contribution in [-0.4, -0.2) is 9.55 Å². The molecule has 0 aliphatic heterocycles. The van der Waals surface area contributed by atoms with Crippen LogP contribution >= 0.6 is 27.3 Å². The molecule has 0 spiro atoms. The van der Waals surface area contributed by atoms with Gasteiger partial charge < -0.3 is 0 Å². The summed E-state index contributed by atoms with van der Waals surface area (Å²) in [5, 5.41) is 0.678. The molecule has 0 amide bonds. The molecule has 2 aromatic rings. The van der Waals surface area contributed by atoms with Crippen LogP contribution in [0.25, 0.3) is 5.13 Å². The second-order valence-electron chi connectivity index (χ2n) is 2.36. The number of rotatable bonds is 1. The molecule has 0 aliphatic carbocycles. The molecule has 0 bridgehead atoms. The average molecular weight is 257 g/mol. The molecule has 0 unspecified atom stereocenters. The number of pyridine rings is 1. The van der Waals surface area contributed by atoms with E-state index in [2.05, 4.69) is 20.9 Å². The Bertz CT molecular complexity index is 477. The lowest BCUT2D eigenvalue weighted by Crippen LogP contribution is -2.14. The third-order valence-corrected chi connectivity index (χ3v) is 2.97. The van der Waals surface area contributed by atoms with Crippen molar-refractivity contribution in [1.29, 1.82) is 0 Å². The molecule has 0 aromatic carbocycles. The zero-order valence-corrected chi connectivity index (χ0v) is 8.88. The Balaban J connectivity index is 2.59. The van der Waals surface area contributed by atoms with Gasteiger partial charge in [-0.25, -0.2) is 4.98 Å². The van der Waals surface area contributed by atoms with Gasteiger partial charge in [0.25, 0.3) is 5.56 Å². The molecular weight excluding hydrogens is 252 g/mol. The second kappa shape index (κ2) is 3.43. The van der Waals surface area contributed by atoms with Crippen LogP contribution in [0, 0.1) is 0 Å². The zero-order chi connectivity index (χ0) is 9.26. The molecule has 0 fully saturated rings. The number of aromatic nitrogens is 2. The molecule has 0 atom stereocenters. The van der Waals surface area contributed by atoms with Crippen molar-refractivity contribution in [2.45, 2.75) is 0 Å². The molecule has 0 saturated heterocycles. The molecule has 66 valence electrons. The fourth-order valence-corrected chi connectivity index (χ4v) is 2.11. The van der Waals surface area contributed by atoms with Crippen LogP contribution in [0.4, 0.5) is 0 Å². The maximum atomic E-state index is 11.3. The third-order valence-electron chi connectivity index (χ3n) is 1.49. The summed E-state index contributed by atoms with van der Waals surface area (Å²) in [5.74, 6) is 0. The van der Waals surface area contributed by atoms with Gasteiger partial charge in [-0.1, -0.05) is 17.4 Å². The lowest BCUT2D eigenvalue weighted by molar-refractivity contribution is 0.972. The van der Waals surface area contributed by atoms with Crippen LogP contribution in [0.2, 0.25) is 0 Å². The van der Waals surface area contributed by atoms with Crippen molar-refractivity contribution in [2.24, 2.45) is 0 Å². The number of hydrogen-bond acceptors (Lipinski definition) is 3. The Labute approximate surface area is 86.8 Å². The summed E-state index contributed by atoms with van der Waals surface area (Å²) < 4.78 is 2.42. The first-order valence-corrected chi connectivity index (χ1v) is 5.18. The highest BCUT2D eigenvalue weighted by Crippen LogP contribution is 2.20. The van der Waals surface area contributed by atoms with E-state index >= 15 is 0 Å². The predicted octanol–water partition coefficient (Wildman–Crippen LogP) is 2.06. The Morgan fingerprint density at radius 2 is 2.31 bits per heavy atom. The first kappa shape index (κ1) is 8.65. The summed E-state index contributed by atoms with van der Waals surface area (Å²) in [7, 11) is 0. The van der Waals surface area contributed by atoms with E-state index in [1.54, 1.807) is 24.5 Å². The first-order chi connectivity index (χ1) is 6.27. The van der Waals surface area contributed by atoms with Crippen LogP contribution in [0.1, 0.15) is 0 Å². The SMILES string of the molecule is O=c1ccccn1-c1ncc(Br)s1. The van der Waals surface area contributed by atoms with E-state index in [-0.39, 0.29) is 5.56 Å². The Hall–Kier alpha value is -0.940. The molecule has 0 saturated carbocycles. The molecule has 0 aliphatic rings. The van der Waals surface area contributed by atoms with Crippen LogP contribution in [0.15, 0.2) is 39.2 Å². The summed E-state index contributed by atoms with van der Waals surface area (Å²) in [6.45, 7) is 0. The lowest BCUT2D eigenvalue weighted by atomic mass is 10.5. The van der Waals surface area contributed by atoms with E-state index in [0.717, 1.165) is 3.79 Å². The summed E-state index contributed by atoms with van der Waals surface area (Å²) in [6.07, 6.45) is 3.38. The zero-order valence-electron chi connectivity index (χ0n) is 6.48. The Morgan fingerprint density at radius 3 is 2.92 bits per heavy atom. The van der Waals surface area contributed by atoms with Gasteiger partial charge in [-0.05, 0) is 22.0 Å². The van der Waals surface area contributed by atoms with Crippen LogP contribution < -0.4 is 5.56 Å². The van der Waals surface area contributed by atoms with Gasteiger partial charge in [-0.15, -0.1) is 0 Å². The highest BCUT2D eigenvalue weighted by atomic mass is 79.9. The van der Waals surface area contributed by atoms with Crippen molar-refractivity contribution < 1.29 is 0 Å². The lowest BCUT2D eigenvalue weighted by Gasteiger charge is -1.97. The number of nitrogens with zero attached hydrogens (tertiary/aromatic N) is 2. The number of thiazole rings is 1. The van der Waals surface area contributed by atoms with Gasteiger partial charge >= 0.3 is 0 Å². The standard InChI is InChI=1S/C8H5BrN2OS/c9-6-5-10-8(13-6)11-4-2-1-3-7(11)12/h1-5H. The van der Waals surface area contributed by atoms with Crippen molar-refractivity contribution >= 4 is 27.3 Å². The van der Waals surface area contributed by atoms with Crippen molar-refractivity contribution in [2.75, 3.05) is 0 Å². The smallest absolute Gasteiger partial charge is 0.256 e. The monoisotopic (exact) mass is 256 g/mol. The largest absolute Gasteiger partial charge is 0.269 e. The Kier molecular flexibility index (Phi) is 2.28. The van der Waals surface area contributed by atoms with Crippen LogP contribution in [0.3, 0.4) is 0 Å². The summed E-state index contributed by atoms with van der Waals surface area (Å²) in [5.41, 5.74) is -0.0654. The molecule has 5 heteroatoms. The molecule has 3 nitrogen and oxygen atoms in total. The molecule has 13 heavy (non-hydrogen) atoms. The van der Waals surface area contributed by atoms with E-state index in [4.69, 9.17) is 0 Å². The molecule has 0 N–H and O–H groups in total. The quantitative estimate of drug-likeness (QED) is 0.783. The van der Waals surface area contributed by atoms with Gasteiger partial charge in [0.15, 0.2) is 5.13 Å². The topological polar surface area (TPSA) is 34.9 Å². The fraction of sp³-hybridized carbons (Fsp3) is 0. The minimum Gasteiger partial charge on any atom is -0.269 e. The highest BCUT2D eigenvalue weighted by molar-refractivity contribution is 9.11. The first-order valence-electron chi connectivity index (χ1n) is 3.57. The van der Waals surface area contributed by atoms with Gasteiger partial charge in [-0.3, -0.25) is 9.36 Å². The van der Waals surface area contributed by atoms with Crippen LogP contribution in [-0.2, 0) is 0 Å². The summed E-state index contributed by atoms with van der Waals surface area (Å²) in [4.78, 5) is 15.4. The summed E-state index contributed by atoms with van der Waals surface area (Å²) >= 11 is 4.72. The normalized spacial score (nSPS) is 10.2. The number of hydrogen-bond donors (Lipinski definition) is 0. The molecular formula is C8H5BrN2OS. The van der Waals surface area contributed by atoms with Crippen LogP contribution in [0.5, 0.6) is 0 Å². The highest BCUT2D eigenvalue weighted by Gasteiger charge is 2.02. The van der Waals surface area contributed by atoms with E-state index in [1.807, 2.05) is 0 Å². The fourth-order valence-electron chi connectivity index (χ4n) is 0.943. The van der Waals surface area contributed by atoms with Gasteiger partial charge in [0, 0.05) is 12.3 Å². The van der Waals surface area contributed by atoms with Crippen molar-refractivity contribution in [1.82, 2.24) is 9.55 Å². The predicted molar refractivity (Wildman–Crippen MR) is 55.4 cm³/mol. The second-order valence-corrected chi connectivity index (χ2v) is 4.74. The van der Waals surface area contributed by atoms with Gasteiger partial charge in [0.1, 0.15) is 0 Å². The molecule has 2 aromatic heterocycles. The van der Waals surface area contributed by atoms with E-state index in [1.165, 1.54) is 22.0 Å². The van der Waals surface area contributed by atoms with E-state index < -0.39 is 0 Å². The van der Waals surface area contributed by atoms with Crippen molar-refractivity contribution in [3.05, 3.63) is 44.7 Å². The average Bonchev–Trinajstić information content (AvgIpc) is 2.53. The molecule has 2 rings (SSSR count).